The van der Waals surface area contributed by atoms with Gasteiger partial charge in [-0.2, -0.15) is 0 Å². The first-order chi connectivity index (χ1) is 17.2. The lowest BCUT2D eigenvalue weighted by atomic mass is 9.62. The van der Waals surface area contributed by atoms with E-state index in [1.54, 1.807) is 0 Å². The van der Waals surface area contributed by atoms with Crippen LogP contribution in [0.4, 0.5) is 0 Å². The fourth-order valence-electron chi connectivity index (χ4n) is 5.52. The highest BCUT2D eigenvalue weighted by molar-refractivity contribution is 6.74. The van der Waals surface area contributed by atoms with Crippen LogP contribution >= 0.6 is 0 Å². The molecule has 0 N–H and O–H groups in total. The maximum absolute atomic E-state index is 13.7. The van der Waals surface area contributed by atoms with Crippen LogP contribution in [0.15, 0.2) is 46.6 Å². The number of esters is 1. The first kappa shape index (κ1) is 31.5. The van der Waals surface area contributed by atoms with Crippen molar-refractivity contribution in [2.45, 2.75) is 124 Å². The summed E-state index contributed by atoms with van der Waals surface area (Å²) in [6.45, 7) is 24.0. The molecule has 4 nitrogen and oxygen atoms in total. The molecule has 5 heteroatoms. The molecule has 0 aromatic carbocycles. The summed E-state index contributed by atoms with van der Waals surface area (Å²) in [5, 5.41) is 0.162. The van der Waals surface area contributed by atoms with Gasteiger partial charge in [-0.25, -0.2) is 0 Å². The molecule has 2 rings (SSSR count). The molecule has 2 aliphatic carbocycles. The Morgan fingerprint density at radius 1 is 1.24 bits per heavy atom. The molecule has 0 saturated carbocycles. The molecular weight excluding hydrogens is 476 g/mol. The predicted octanol–water partition coefficient (Wildman–Crippen LogP) is 8.65. The normalized spacial score (nSPS) is 22.2. The summed E-state index contributed by atoms with van der Waals surface area (Å²) in [5.41, 5.74) is 4.39. The van der Waals surface area contributed by atoms with Gasteiger partial charge in [0.15, 0.2) is 8.32 Å². The van der Waals surface area contributed by atoms with Crippen molar-refractivity contribution in [2.75, 3.05) is 6.61 Å². The number of hydrogen-bond acceptors (Lipinski definition) is 4. The highest BCUT2D eigenvalue weighted by Gasteiger charge is 2.48. The van der Waals surface area contributed by atoms with Crippen LogP contribution in [0.5, 0.6) is 0 Å². The van der Waals surface area contributed by atoms with Gasteiger partial charge >= 0.3 is 5.97 Å². The zero-order chi connectivity index (χ0) is 28.0. The van der Waals surface area contributed by atoms with Crippen LogP contribution in [0.3, 0.4) is 0 Å². The third kappa shape index (κ3) is 7.23. The number of carbonyl (C=O) groups excluding carboxylic acids is 2. The van der Waals surface area contributed by atoms with Crippen LogP contribution < -0.4 is 0 Å². The lowest BCUT2D eigenvalue weighted by Crippen LogP contribution is -2.45. The molecule has 0 aromatic rings. The Morgan fingerprint density at radius 2 is 1.92 bits per heavy atom. The van der Waals surface area contributed by atoms with E-state index < -0.39 is 13.7 Å². The van der Waals surface area contributed by atoms with Crippen molar-refractivity contribution in [1.82, 2.24) is 0 Å². The van der Waals surface area contributed by atoms with Gasteiger partial charge in [-0.05, 0) is 112 Å². The van der Waals surface area contributed by atoms with Gasteiger partial charge in [0.2, 0.25) is 0 Å². The first-order valence-corrected chi connectivity index (χ1v) is 17.1. The van der Waals surface area contributed by atoms with E-state index in [4.69, 9.17) is 9.16 Å². The lowest BCUT2D eigenvalue weighted by molar-refractivity contribution is -0.151. The average molecular weight is 529 g/mol. The lowest BCUT2D eigenvalue weighted by Gasteiger charge is -2.42. The summed E-state index contributed by atoms with van der Waals surface area (Å²) in [5.74, 6) is 0.228. The van der Waals surface area contributed by atoms with Crippen LogP contribution in [0, 0.1) is 11.3 Å². The van der Waals surface area contributed by atoms with Crippen LogP contribution in [0.25, 0.3) is 0 Å². The van der Waals surface area contributed by atoms with Crippen molar-refractivity contribution >= 4 is 20.6 Å². The van der Waals surface area contributed by atoms with E-state index in [9.17, 15) is 9.59 Å². The highest BCUT2D eigenvalue weighted by Crippen LogP contribution is 2.52. The van der Waals surface area contributed by atoms with Crippen LogP contribution in [-0.4, -0.2) is 33.3 Å². The van der Waals surface area contributed by atoms with Crippen molar-refractivity contribution in [3.8, 4) is 0 Å². The minimum absolute atomic E-state index is 0.162. The molecule has 0 aliphatic heterocycles. The third-order valence-electron chi connectivity index (χ3n) is 9.03. The third-order valence-corrected chi connectivity index (χ3v) is 13.5. The SMILES string of the molecule is C=CC1=CCCC2=C(C)CCC[C@]12C(=O)OC/C(CCCC(O[Si](C)(C)C(C)(C)C)C(C)C)=C(/C)C=O. The molecular formula is C32H52O4Si. The minimum atomic E-state index is -1.87. The van der Waals surface area contributed by atoms with Crippen LogP contribution in [0.1, 0.15) is 99.8 Å². The van der Waals surface area contributed by atoms with Crippen molar-refractivity contribution in [1.29, 1.82) is 0 Å². The van der Waals surface area contributed by atoms with Crippen molar-refractivity contribution in [3.05, 3.63) is 46.6 Å². The van der Waals surface area contributed by atoms with E-state index in [1.807, 2.05) is 13.0 Å². The Labute approximate surface area is 227 Å². The minimum Gasteiger partial charge on any atom is -0.460 e. The number of hydrogen-bond donors (Lipinski definition) is 0. The van der Waals surface area contributed by atoms with Crippen molar-refractivity contribution in [2.24, 2.45) is 11.3 Å². The molecule has 0 radical (unpaired) electrons. The van der Waals surface area contributed by atoms with Gasteiger partial charge in [0.25, 0.3) is 0 Å². The molecule has 2 aliphatic rings. The Bertz CT molecular complexity index is 944. The Kier molecular flexibility index (Phi) is 11.0. The predicted molar refractivity (Wildman–Crippen MR) is 157 cm³/mol. The molecule has 0 heterocycles. The molecule has 0 fully saturated rings. The van der Waals surface area contributed by atoms with Gasteiger partial charge in [-0.1, -0.05) is 58.9 Å². The van der Waals surface area contributed by atoms with Gasteiger partial charge in [-0.3, -0.25) is 9.59 Å². The summed E-state index contributed by atoms with van der Waals surface area (Å²) < 4.78 is 12.8. The maximum Gasteiger partial charge on any atom is 0.321 e. The van der Waals surface area contributed by atoms with Gasteiger partial charge in [0, 0.05) is 6.10 Å². The molecule has 0 aromatic heterocycles. The second-order valence-electron chi connectivity index (χ2n) is 13.0. The zero-order valence-electron chi connectivity index (χ0n) is 25.1. The number of aldehydes is 1. The fourth-order valence-corrected chi connectivity index (χ4v) is 7.02. The number of allylic oxidation sites excluding steroid dienone is 4. The first-order valence-electron chi connectivity index (χ1n) is 14.2. The smallest absolute Gasteiger partial charge is 0.321 e. The van der Waals surface area contributed by atoms with Crippen LogP contribution in [-0.2, 0) is 18.8 Å². The van der Waals surface area contributed by atoms with Gasteiger partial charge < -0.3 is 9.16 Å². The van der Waals surface area contributed by atoms with Crippen LogP contribution in [0.2, 0.25) is 18.1 Å². The van der Waals surface area contributed by atoms with Gasteiger partial charge in [-0.15, -0.1) is 0 Å². The summed E-state index contributed by atoms with van der Waals surface area (Å²) in [6, 6.07) is 0. The Morgan fingerprint density at radius 3 is 2.49 bits per heavy atom. The molecule has 0 saturated heterocycles. The Hall–Kier alpha value is -1.72. The number of fused-ring (bicyclic) bond motifs is 1. The molecule has 0 amide bonds. The van der Waals surface area contributed by atoms with Crippen molar-refractivity contribution < 1.29 is 18.8 Å². The highest BCUT2D eigenvalue weighted by atomic mass is 28.4. The van der Waals surface area contributed by atoms with Gasteiger partial charge in [0.1, 0.15) is 18.3 Å². The number of rotatable bonds is 12. The maximum atomic E-state index is 13.7. The summed E-state index contributed by atoms with van der Waals surface area (Å²) in [6.07, 6.45) is 12.2. The molecule has 208 valence electrons. The second-order valence-corrected chi connectivity index (χ2v) is 17.7. The summed E-state index contributed by atoms with van der Waals surface area (Å²) in [4.78, 5) is 25.5. The molecule has 2 atom stereocenters. The van der Waals surface area contributed by atoms with E-state index in [0.29, 0.717) is 11.5 Å². The largest absolute Gasteiger partial charge is 0.460 e. The molecule has 37 heavy (non-hydrogen) atoms. The molecule has 1 unspecified atom stereocenters. The van der Waals surface area contributed by atoms with Crippen molar-refractivity contribution in [3.63, 3.8) is 0 Å². The summed E-state index contributed by atoms with van der Waals surface area (Å²) >= 11 is 0. The summed E-state index contributed by atoms with van der Waals surface area (Å²) in [7, 11) is -1.87. The molecule has 0 bridgehead atoms. The van der Waals surface area contributed by atoms with E-state index in [0.717, 1.165) is 68.8 Å². The molecule has 0 spiro atoms. The average Bonchev–Trinajstić information content (AvgIpc) is 2.83. The van der Waals surface area contributed by atoms with E-state index >= 15 is 0 Å². The number of carbonyl (C=O) groups is 2. The second kappa shape index (κ2) is 12.9. The van der Waals surface area contributed by atoms with E-state index in [-0.39, 0.29) is 23.7 Å². The standard InChI is InChI=1S/C32H52O4Si/c1-11-27-17-13-18-28-24(4)15-14-20-32(27,28)30(34)35-22-26(25(5)21-33)16-12-19-29(23(2)3)36-37(9,10)31(6,7)8/h11,17,21,23,29H,1,12-16,18-20,22H2,2-10H3/b26-25-/t29?,32-/m0/s1. The Balaban J connectivity index is 2.13. The van der Waals surface area contributed by atoms with E-state index in [2.05, 4.69) is 67.3 Å². The van der Waals surface area contributed by atoms with E-state index in [1.165, 1.54) is 11.1 Å². The topological polar surface area (TPSA) is 52.6 Å². The number of ether oxygens (including phenoxy) is 1. The monoisotopic (exact) mass is 528 g/mol. The zero-order valence-corrected chi connectivity index (χ0v) is 26.1. The fraction of sp³-hybridized carbons (Fsp3) is 0.688. The quantitative estimate of drug-likeness (QED) is 0.0836. The van der Waals surface area contributed by atoms with Gasteiger partial charge in [0.05, 0.1) is 0 Å².